The van der Waals surface area contributed by atoms with Crippen molar-refractivity contribution >= 4 is 0 Å². The fourth-order valence-corrected chi connectivity index (χ4v) is 5.22. The SMILES string of the molecule is CC1(C)C2([N+](=O)[O-])CN3CC1([N+](=O)[O-])CN(C2)C3[C@@H](O)[C@H](O)[C@H](O)[C@H](O)CO. The summed E-state index contributed by atoms with van der Waals surface area (Å²) < 4.78 is 0. The van der Waals surface area contributed by atoms with Crippen LogP contribution in [0.5, 0.6) is 0 Å². The summed E-state index contributed by atoms with van der Waals surface area (Å²) >= 11 is 0. The van der Waals surface area contributed by atoms with Crippen molar-refractivity contribution < 1.29 is 35.4 Å². The van der Waals surface area contributed by atoms with Crippen molar-refractivity contribution in [3.05, 3.63) is 20.2 Å². The zero-order valence-electron chi connectivity index (χ0n) is 15.6. The van der Waals surface area contributed by atoms with E-state index in [0.29, 0.717) is 0 Å². The van der Waals surface area contributed by atoms with Crippen LogP contribution in [0.2, 0.25) is 0 Å². The van der Waals surface area contributed by atoms with Crippen molar-refractivity contribution in [2.75, 3.05) is 32.8 Å². The molecule has 0 aromatic carbocycles. The van der Waals surface area contributed by atoms with Crippen LogP contribution in [-0.4, -0.2) is 120 Å². The molecule has 5 N–H and O–H groups in total. The number of nitrogens with zero attached hydrogens (tertiary/aromatic N) is 4. The standard InChI is InChI=1S/C15H26N4O9/c1-13(2)14(18(25)26)4-16-6-15(13,19(27)28)7-17(5-14)12(16)11(24)10(23)9(22)8(21)3-20/h8-12,20-24H,3-7H2,1-2H3/t8-,9-,10-,11+,12?,14?,15?/m1/s1. The highest BCUT2D eigenvalue weighted by Gasteiger charge is 2.82. The molecule has 160 valence electrons. The molecule has 13 nitrogen and oxygen atoms in total. The van der Waals surface area contributed by atoms with E-state index in [9.17, 15) is 40.7 Å². The van der Waals surface area contributed by atoms with Crippen molar-refractivity contribution in [1.82, 2.24) is 9.80 Å². The van der Waals surface area contributed by atoms with Gasteiger partial charge in [0.1, 0.15) is 29.8 Å². The summed E-state index contributed by atoms with van der Waals surface area (Å²) in [5, 5.41) is 73.2. The molecule has 0 radical (unpaired) electrons. The first kappa shape index (κ1) is 21.2. The van der Waals surface area contributed by atoms with Crippen LogP contribution in [0.15, 0.2) is 0 Å². The van der Waals surface area contributed by atoms with E-state index in [4.69, 9.17) is 5.11 Å². The number of rotatable bonds is 7. The average molecular weight is 406 g/mol. The Labute approximate surface area is 160 Å². The lowest BCUT2D eigenvalue weighted by atomic mass is 9.53. The minimum atomic E-state index is -1.87. The van der Waals surface area contributed by atoms with Crippen LogP contribution in [0.1, 0.15) is 13.8 Å². The Morgan fingerprint density at radius 2 is 1.32 bits per heavy atom. The molecule has 4 rings (SSSR count). The second-order valence-electron chi connectivity index (χ2n) is 8.65. The van der Waals surface area contributed by atoms with Crippen molar-refractivity contribution in [3.8, 4) is 0 Å². The normalized spacial score (nSPS) is 42.6. The van der Waals surface area contributed by atoms with Crippen LogP contribution in [0.4, 0.5) is 0 Å². The molecular formula is C15H26N4O9. The Hall–Kier alpha value is -1.48. The van der Waals surface area contributed by atoms with Gasteiger partial charge < -0.3 is 25.5 Å². The Balaban J connectivity index is 1.97. The molecule has 4 aliphatic heterocycles. The highest BCUT2D eigenvalue weighted by atomic mass is 16.6. The third-order valence-corrected chi connectivity index (χ3v) is 7.22. The summed E-state index contributed by atoms with van der Waals surface area (Å²) in [4.78, 5) is 25.8. The Bertz CT molecular complexity index is 622. The molecule has 4 fully saturated rings. The molecule has 0 aromatic rings. The topological polar surface area (TPSA) is 194 Å². The summed E-state index contributed by atoms with van der Waals surface area (Å²) in [6, 6.07) is 0. The monoisotopic (exact) mass is 406 g/mol. The van der Waals surface area contributed by atoms with E-state index in [1.165, 1.54) is 23.6 Å². The van der Waals surface area contributed by atoms with Gasteiger partial charge in [0.2, 0.25) is 0 Å². The molecule has 4 atom stereocenters. The first-order valence-electron chi connectivity index (χ1n) is 8.96. The van der Waals surface area contributed by atoms with E-state index >= 15 is 0 Å². The minimum Gasteiger partial charge on any atom is -0.394 e. The molecule has 0 amide bonds. The van der Waals surface area contributed by atoms with E-state index in [0.717, 1.165) is 0 Å². The minimum absolute atomic E-state index is 0.161. The molecule has 13 heteroatoms. The van der Waals surface area contributed by atoms with Crippen molar-refractivity contribution in [2.24, 2.45) is 5.41 Å². The van der Waals surface area contributed by atoms with Gasteiger partial charge in [-0.1, -0.05) is 0 Å². The van der Waals surface area contributed by atoms with Gasteiger partial charge in [-0.2, -0.15) is 0 Å². The molecule has 4 bridgehead atoms. The van der Waals surface area contributed by atoms with Crippen LogP contribution in [0.3, 0.4) is 0 Å². The van der Waals surface area contributed by atoms with Crippen LogP contribution in [0, 0.1) is 25.6 Å². The van der Waals surface area contributed by atoms with Gasteiger partial charge in [-0.3, -0.25) is 30.0 Å². The average Bonchev–Trinajstić information content (AvgIpc) is 2.62. The lowest BCUT2D eigenvalue weighted by molar-refractivity contribution is -0.679. The van der Waals surface area contributed by atoms with Crippen molar-refractivity contribution in [1.29, 1.82) is 0 Å². The number of aliphatic hydroxyl groups excluding tert-OH is 5. The summed E-state index contributed by atoms with van der Waals surface area (Å²) in [6.07, 6.45) is -8.10. The molecule has 4 heterocycles. The summed E-state index contributed by atoms with van der Waals surface area (Å²) in [7, 11) is 0. The van der Waals surface area contributed by atoms with E-state index in [-0.39, 0.29) is 26.2 Å². The van der Waals surface area contributed by atoms with Gasteiger partial charge in [0.15, 0.2) is 0 Å². The summed E-state index contributed by atoms with van der Waals surface area (Å²) in [5.41, 5.74) is -4.54. The lowest BCUT2D eigenvalue weighted by Crippen LogP contribution is -2.91. The number of piperidine rings is 2. The van der Waals surface area contributed by atoms with Crippen LogP contribution >= 0.6 is 0 Å². The zero-order valence-corrected chi connectivity index (χ0v) is 15.6. The molecule has 0 saturated carbocycles. The van der Waals surface area contributed by atoms with Crippen LogP contribution < -0.4 is 0 Å². The smallest absolute Gasteiger partial charge is 0.259 e. The van der Waals surface area contributed by atoms with Crippen LogP contribution in [-0.2, 0) is 0 Å². The Morgan fingerprint density at radius 3 is 1.64 bits per heavy atom. The second-order valence-corrected chi connectivity index (χ2v) is 8.65. The van der Waals surface area contributed by atoms with Gasteiger partial charge in [-0.25, -0.2) is 0 Å². The largest absolute Gasteiger partial charge is 0.394 e. The molecule has 0 aromatic heterocycles. The molecule has 0 aliphatic carbocycles. The highest BCUT2D eigenvalue weighted by Crippen LogP contribution is 2.56. The molecule has 0 spiro atoms. The fourth-order valence-electron chi connectivity index (χ4n) is 5.22. The van der Waals surface area contributed by atoms with Gasteiger partial charge in [-0.15, -0.1) is 0 Å². The first-order chi connectivity index (χ1) is 12.9. The van der Waals surface area contributed by atoms with Gasteiger partial charge >= 0.3 is 0 Å². The van der Waals surface area contributed by atoms with Gasteiger partial charge in [0.05, 0.1) is 39.0 Å². The molecular weight excluding hydrogens is 380 g/mol. The van der Waals surface area contributed by atoms with Crippen LogP contribution in [0.25, 0.3) is 0 Å². The van der Waals surface area contributed by atoms with Gasteiger partial charge in [0.25, 0.3) is 11.1 Å². The number of hydrogen-bond donors (Lipinski definition) is 5. The van der Waals surface area contributed by atoms with E-state index in [1.54, 1.807) is 0 Å². The Kier molecular flexibility index (Phi) is 4.94. The maximum absolute atomic E-state index is 12.0. The quantitative estimate of drug-likeness (QED) is 0.207. The third-order valence-electron chi connectivity index (χ3n) is 7.22. The van der Waals surface area contributed by atoms with Gasteiger partial charge in [-0.05, 0) is 13.8 Å². The predicted molar refractivity (Wildman–Crippen MR) is 91.3 cm³/mol. The summed E-state index contributed by atoms with van der Waals surface area (Å²) in [5.74, 6) is 0. The third kappa shape index (κ3) is 2.44. The highest BCUT2D eigenvalue weighted by molar-refractivity contribution is 5.22. The molecule has 4 aliphatic rings. The zero-order chi connectivity index (χ0) is 21.2. The summed E-state index contributed by atoms with van der Waals surface area (Å²) in [6.45, 7) is 1.57. The number of nitro groups is 2. The maximum atomic E-state index is 12.0. The Morgan fingerprint density at radius 1 is 0.929 bits per heavy atom. The first-order valence-corrected chi connectivity index (χ1v) is 8.96. The fraction of sp³-hybridized carbons (Fsp3) is 1.00. The van der Waals surface area contributed by atoms with E-state index in [2.05, 4.69) is 0 Å². The van der Waals surface area contributed by atoms with Crippen molar-refractivity contribution in [2.45, 2.75) is 55.5 Å². The maximum Gasteiger partial charge on any atom is 0.259 e. The second kappa shape index (κ2) is 6.52. The molecule has 0 unspecified atom stereocenters. The lowest BCUT2D eigenvalue weighted by Gasteiger charge is -2.66. The number of hydrogen-bond acceptors (Lipinski definition) is 11. The van der Waals surface area contributed by atoms with E-state index < -0.39 is 63.5 Å². The van der Waals surface area contributed by atoms with Gasteiger partial charge in [0, 0.05) is 9.85 Å². The van der Waals surface area contributed by atoms with Crippen molar-refractivity contribution in [3.63, 3.8) is 0 Å². The molecule has 28 heavy (non-hydrogen) atoms. The predicted octanol–water partition coefficient (Wildman–Crippen LogP) is -3.55. The van der Waals surface area contributed by atoms with E-state index in [1.807, 2.05) is 0 Å². The number of aliphatic hydroxyl groups is 5. The molecule has 4 saturated heterocycles.